The first-order chi connectivity index (χ1) is 17.0. The van der Waals surface area contributed by atoms with E-state index in [4.69, 9.17) is 23.2 Å². The molecule has 5 nitrogen and oxygen atoms in total. The number of carbonyl (C=O) groups is 1. The molecule has 4 atom stereocenters. The van der Waals surface area contributed by atoms with Gasteiger partial charge in [-0.2, -0.15) is 4.31 Å². The fraction of sp³-hybridized carbons (Fsp3) is 0.296. The van der Waals surface area contributed by atoms with Crippen LogP contribution in [-0.4, -0.2) is 35.1 Å². The highest BCUT2D eigenvalue weighted by Crippen LogP contribution is 2.52. The topological polar surface area (TPSA) is 74.7 Å². The first-order valence-corrected chi connectivity index (χ1v) is 14.6. The predicted octanol–water partition coefficient (Wildman–Crippen LogP) is 7.00. The Balaban J connectivity index is 1.91. The van der Waals surface area contributed by atoms with Crippen molar-refractivity contribution in [3.63, 3.8) is 0 Å². The number of nitrogens with zero attached hydrogens (tertiary/aromatic N) is 1. The van der Waals surface area contributed by atoms with Gasteiger partial charge in [-0.3, -0.25) is 4.79 Å². The zero-order chi connectivity index (χ0) is 26.2. The van der Waals surface area contributed by atoms with Gasteiger partial charge in [-0.05, 0) is 62.2 Å². The van der Waals surface area contributed by atoms with Crippen LogP contribution in [0.3, 0.4) is 0 Å². The zero-order valence-corrected chi connectivity index (χ0v) is 23.2. The summed E-state index contributed by atoms with van der Waals surface area (Å²) in [5, 5.41) is 10.5. The summed E-state index contributed by atoms with van der Waals surface area (Å²) in [4.78, 5) is 13.8. The second-order valence-electron chi connectivity index (χ2n) is 9.00. The molecular weight excluding hydrogens is 537 g/mol. The van der Waals surface area contributed by atoms with Crippen LogP contribution in [-0.2, 0) is 14.8 Å². The van der Waals surface area contributed by atoms with E-state index in [0.29, 0.717) is 17.0 Å². The molecule has 1 heterocycles. The summed E-state index contributed by atoms with van der Waals surface area (Å²) in [6.07, 6.45) is 0.441. The number of carboxylic acid groups (broad SMARTS) is 1. The van der Waals surface area contributed by atoms with Crippen LogP contribution >= 0.6 is 35.0 Å². The lowest BCUT2D eigenvalue weighted by Crippen LogP contribution is -2.39. The quantitative estimate of drug-likeness (QED) is 0.335. The Kier molecular flexibility index (Phi) is 8.07. The number of aryl methyl sites for hydroxylation is 2. The van der Waals surface area contributed by atoms with Crippen molar-refractivity contribution in [1.29, 1.82) is 0 Å². The van der Waals surface area contributed by atoms with Crippen LogP contribution in [0.25, 0.3) is 0 Å². The molecule has 1 N–H and O–H groups in total. The van der Waals surface area contributed by atoms with Crippen LogP contribution in [0.5, 0.6) is 0 Å². The number of hydrogen-bond donors (Lipinski definition) is 1. The highest BCUT2D eigenvalue weighted by Gasteiger charge is 2.57. The van der Waals surface area contributed by atoms with Crippen LogP contribution in [0.1, 0.15) is 36.1 Å². The molecule has 3 aromatic rings. The molecule has 36 heavy (non-hydrogen) atoms. The fourth-order valence-electron chi connectivity index (χ4n) is 4.75. The molecule has 1 aliphatic rings. The minimum atomic E-state index is -4.05. The van der Waals surface area contributed by atoms with Gasteiger partial charge in [0.15, 0.2) is 0 Å². The SMILES string of the molecule is CC[C@@H]1[C@@H](Sc2ccc(C)cc2)[C@@H](C(=O)O)[C@H](c2ccc(Cl)c(Cl)c2)N1S(=O)(=O)c1ccc(C)cc1. The van der Waals surface area contributed by atoms with Crippen LogP contribution in [0.4, 0.5) is 0 Å². The third-order valence-corrected chi connectivity index (χ3v) is 10.6. The third kappa shape index (κ3) is 5.18. The maximum Gasteiger partial charge on any atom is 0.309 e. The minimum Gasteiger partial charge on any atom is -0.481 e. The lowest BCUT2D eigenvalue weighted by atomic mass is 9.93. The molecule has 0 aromatic heterocycles. The van der Waals surface area contributed by atoms with E-state index < -0.39 is 39.2 Å². The Morgan fingerprint density at radius 3 is 2.06 bits per heavy atom. The molecule has 1 fully saturated rings. The number of sulfonamides is 1. The Labute approximate surface area is 226 Å². The van der Waals surface area contributed by atoms with Crippen molar-refractivity contribution in [3.8, 4) is 0 Å². The summed E-state index contributed by atoms with van der Waals surface area (Å²) >= 11 is 13.9. The highest BCUT2D eigenvalue weighted by molar-refractivity contribution is 8.00. The van der Waals surface area contributed by atoms with Crippen molar-refractivity contribution >= 4 is 51.0 Å². The van der Waals surface area contributed by atoms with Crippen molar-refractivity contribution in [2.75, 3.05) is 0 Å². The molecule has 1 aliphatic heterocycles. The molecule has 0 amide bonds. The van der Waals surface area contributed by atoms with Gasteiger partial charge in [-0.25, -0.2) is 8.42 Å². The number of hydrogen-bond acceptors (Lipinski definition) is 4. The minimum absolute atomic E-state index is 0.127. The summed E-state index contributed by atoms with van der Waals surface area (Å²) in [5.74, 6) is -2.07. The van der Waals surface area contributed by atoms with Gasteiger partial charge >= 0.3 is 5.97 Å². The summed E-state index contributed by atoms with van der Waals surface area (Å²) in [7, 11) is -4.05. The zero-order valence-electron chi connectivity index (χ0n) is 20.1. The molecule has 1 saturated heterocycles. The molecule has 0 radical (unpaired) electrons. The Morgan fingerprint density at radius 1 is 0.944 bits per heavy atom. The lowest BCUT2D eigenvalue weighted by molar-refractivity contribution is -0.142. The molecule has 3 aromatic carbocycles. The van der Waals surface area contributed by atoms with E-state index >= 15 is 0 Å². The second-order valence-corrected chi connectivity index (χ2v) is 12.9. The maximum absolute atomic E-state index is 14.1. The van der Waals surface area contributed by atoms with E-state index in [-0.39, 0.29) is 9.92 Å². The Bertz CT molecular complexity index is 1360. The standard InChI is InChI=1S/C27H27Cl2NO4S2/c1-4-23-26(35-19-10-5-16(2)6-11-19)24(27(31)32)25(18-9-14-21(28)22(29)15-18)30(23)36(33,34)20-12-7-17(3)8-13-20/h5-15,23-26H,4H2,1-3H3,(H,31,32)/t23-,24+,25+,26-/m1/s1. The van der Waals surface area contributed by atoms with Crippen LogP contribution in [0.2, 0.25) is 10.0 Å². The number of carboxylic acids is 1. The van der Waals surface area contributed by atoms with Gasteiger partial charge in [-0.1, -0.05) is 71.6 Å². The third-order valence-electron chi connectivity index (χ3n) is 6.55. The van der Waals surface area contributed by atoms with Crippen molar-refractivity contribution in [2.45, 2.75) is 54.3 Å². The average molecular weight is 565 g/mol. The van der Waals surface area contributed by atoms with Gasteiger partial charge < -0.3 is 5.11 Å². The van der Waals surface area contributed by atoms with Gasteiger partial charge in [0.25, 0.3) is 0 Å². The van der Waals surface area contributed by atoms with Crippen molar-refractivity contribution in [3.05, 3.63) is 93.5 Å². The van der Waals surface area contributed by atoms with Crippen molar-refractivity contribution in [2.24, 2.45) is 5.92 Å². The summed E-state index contributed by atoms with van der Waals surface area (Å²) < 4.78 is 29.6. The molecule has 0 saturated carbocycles. The largest absolute Gasteiger partial charge is 0.481 e. The van der Waals surface area contributed by atoms with Gasteiger partial charge in [0.05, 0.1) is 26.9 Å². The fourth-order valence-corrected chi connectivity index (χ4v) is 8.55. The lowest BCUT2D eigenvalue weighted by Gasteiger charge is -2.30. The molecule has 0 spiro atoms. The molecular formula is C27H27Cl2NO4S2. The van der Waals surface area contributed by atoms with E-state index in [9.17, 15) is 18.3 Å². The number of aliphatic carboxylic acids is 1. The van der Waals surface area contributed by atoms with Gasteiger partial charge in [0.1, 0.15) is 0 Å². The second kappa shape index (κ2) is 10.8. The number of halogens is 2. The number of rotatable bonds is 7. The summed E-state index contributed by atoms with van der Waals surface area (Å²) in [6, 6.07) is 17.7. The number of benzene rings is 3. The normalized spacial score (nSPS) is 22.6. The maximum atomic E-state index is 14.1. The monoisotopic (exact) mass is 563 g/mol. The van der Waals surface area contributed by atoms with Gasteiger partial charge in [0, 0.05) is 16.2 Å². The molecule has 9 heteroatoms. The van der Waals surface area contributed by atoms with E-state index in [1.165, 1.54) is 16.1 Å². The first-order valence-electron chi connectivity index (χ1n) is 11.6. The van der Waals surface area contributed by atoms with Gasteiger partial charge in [-0.15, -0.1) is 11.8 Å². The number of thioether (sulfide) groups is 1. The van der Waals surface area contributed by atoms with Crippen LogP contribution in [0.15, 0.2) is 76.5 Å². The summed E-state index contributed by atoms with van der Waals surface area (Å²) in [6.45, 7) is 5.75. The Hall–Kier alpha value is -2.03. The van der Waals surface area contributed by atoms with Crippen LogP contribution in [0, 0.1) is 19.8 Å². The Morgan fingerprint density at radius 2 is 1.53 bits per heavy atom. The average Bonchev–Trinajstić information content (AvgIpc) is 3.17. The molecule has 0 bridgehead atoms. The highest BCUT2D eigenvalue weighted by atomic mass is 35.5. The molecule has 4 rings (SSSR count). The summed E-state index contributed by atoms with van der Waals surface area (Å²) in [5.41, 5.74) is 2.52. The molecule has 0 aliphatic carbocycles. The van der Waals surface area contributed by atoms with Gasteiger partial charge in [0.2, 0.25) is 10.0 Å². The van der Waals surface area contributed by atoms with E-state index in [1.807, 2.05) is 45.0 Å². The molecule has 0 unspecified atom stereocenters. The molecule has 190 valence electrons. The van der Waals surface area contributed by atoms with E-state index in [2.05, 4.69) is 0 Å². The predicted molar refractivity (Wildman–Crippen MR) is 145 cm³/mol. The van der Waals surface area contributed by atoms with Crippen molar-refractivity contribution < 1.29 is 18.3 Å². The first kappa shape index (κ1) is 27.0. The smallest absolute Gasteiger partial charge is 0.309 e. The van der Waals surface area contributed by atoms with E-state index in [1.54, 1.807) is 42.5 Å². The van der Waals surface area contributed by atoms with E-state index in [0.717, 1.165) is 16.0 Å². The van der Waals surface area contributed by atoms with Crippen LogP contribution < -0.4 is 0 Å². The van der Waals surface area contributed by atoms with Crippen molar-refractivity contribution in [1.82, 2.24) is 4.31 Å².